The Bertz CT molecular complexity index is 564. The molecule has 0 fully saturated rings. The lowest BCUT2D eigenvalue weighted by molar-refractivity contribution is 0.0651. The Morgan fingerprint density at radius 1 is 1.47 bits per heavy atom. The van der Waals surface area contributed by atoms with E-state index in [4.69, 9.17) is 5.11 Å². The Kier molecular flexibility index (Phi) is 5.01. The standard InChI is InChI=1S/C9H13N3O6S/c1-2-11-19(16,17)4-3-10-8(13)6-5-7(9(14)15)18-12-6/h5,11H,2-4H2,1H3,(H,10,13)(H,14,15). The van der Waals surface area contributed by atoms with Gasteiger partial charge in [0.25, 0.3) is 5.91 Å². The van der Waals surface area contributed by atoms with E-state index in [9.17, 15) is 18.0 Å². The predicted molar refractivity (Wildman–Crippen MR) is 63.3 cm³/mol. The molecule has 0 saturated carbocycles. The van der Waals surface area contributed by atoms with Gasteiger partial charge in [0, 0.05) is 19.2 Å². The first-order valence-corrected chi connectivity index (χ1v) is 6.96. The van der Waals surface area contributed by atoms with E-state index in [1.54, 1.807) is 6.92 Å². The van der Waals surface area contributed by atoms with E-state index in [0.29, 0.717) is 0 Å². The van der Waals surface area contributed by atoms with Crippen molar-refractivity contribution in [3.63, 3.8) is 0 Å². The summed E-state index contributed by atoms with van der Waals surface area (Å²) in [5.74, 6) is -2.80. The van der Waals surface area contributed by atoms with Crippen molar-refractivity contribution in [2.45, 2.75) is 6.92 Å². The smallest absolute Gasteiger partial charge is 0.374 e. The summed E-state index contributed by atoms with van der Waals surface area (Å²) in [6.45, 7) is 1.78. The second-order valence-corrected chi connectivity index (χ2v) is 5.38. The van der Waals surface area contributed by atoms with Gasteiger partial charge in [-0.1, -0.05) is 12.1 Å². The molecule has 0 aliphatic carbocycles. The first-order chi connectivity index (χ1) is 8.85. The summed E-state index contributed by atoms with van der Waals surface area (Å²) < 4.78 is 29.2. The molecule has 1 amide bonds. The third kappa shape index (κ3) is 4.67. The van der Waals surface area contributed by atoms with Crippen LogP contribution < -0.4 is 10.0 Å². The van der Waals surface area contributed by atoms with Gasteiger partial charge in [-0.25, -0.2) is 17.9 Å². The van der Waals surface area contributed by atoms with Gasteiger partial charge in [-0.05, 0) is 0 Å². The van der Waals surface area contributed by atoms with E-state index in [2.05, 4.69) is 19.7 Å². The van der Waals surface area contributed by atoms with E-state index in [1.807, 2.05) is 0 Å². The van der Waals surface area contributed by atoms with Crippen LogP contribution in [0.1, 0.15) is 28.0 Å². The largest absolute Gasteiger partial charge is 0.475 e. The summed E-state index contributed by atoms with van der Waals surface area (Å²) in [5.41, 5.74) is -0.224. The second kappa shape index (κ2) is 6.29. The zero-order valence-electron chi connectivity index (χ0n) is 10.0. The molecule has 1 aromatic rings. The SMILES string of the molecule is CCNS(=O)(=O)CCNC(=O)c1cc(C(=O)O)on1. The molecule has 0 bridgehead atoms. The van der Waals surface area contributed by atoms with Crippen LogP contribution in [-0.4, -0.2) is 49.4 Å². The molecule has 0 spiro atoms. The molecule has 19 heavy (non-hydrogen) atoms. The average Bonchev–Trinajstić information content (AvgIpc) is 2.77. The number of carboxylic acid groups (broad SMARTS) is 1. The lowest BCUT2D eigenvalue weighted by atomic mass is 10.3. The maximum Gasteiger partial charge on any atom is 0.374 e. The molecule has 0 aliphatic heterocycles. The molecule has 0 aliphatic rings. The minimum atomic E-state index is -3.42. The monoisotopic (exact) mass is 291 g/mol. The molecule has 3 N–H and O–H groups in total. The van der Waals surface area contributed by atoms with Gasteiger partial charge in [-0.15, -0.1) is 0 Å². The minimum Gasteiger partial charge on any atom is -0.475 e. The summed E-state index contributed by atoms with van der Waals surface area (Å²) in [6.07, 6.45) is 0. The molecule has 0 radical (unpaired) electrons. The van der Waals surface area contributed by atoms with Crippen molar-refractivity contribution in [1.29, 1.82) is 0 Å². The number of carboxylic acids is 1. The van der Waals surface area contributed by atoms with E-state index in [-0.39, 0.29) is 24.5 Å². The molecule has 1 heterocycles. The van der Waals surface area contributed by atoms with Crippen molar-refractivity contribution in [2.24, 2.45) is 0 Å². The van der Waals surface area contributed by atoms with Gasteiger partial charge in [0.05, 0.1) is 5.75 Å². The van der Waals surface area contributed by atoms with Crippen LogP contribution in [0.2, 0.25) is 0 Å². The lowest BCUT2D eigenvalue weighted by Crippen LogP contribution is -2.34. The molecule has 1 rings (SSSR count). The van der Waals surface area contributed by atoms with E-state index in [1.165, 1.54) is 0 Å². The summed E-state index contributed by atoms with van der Waals surface area (Å²) in [7, 11) is -3.42. The fourth-order valence-corrected chi connectivity index (χ4v) is 2.12. The van der Waals surface area contributed by atoms with Crippen molar-refractivity contribution in [3.8, 4) is 0 Å². The molecule has 1 aromatic heterocycles. The molecule has 0 aromatic carbocycles. The van der Waals surface area contributed by atoms with E-state index < -0.39 is 27.7 Å². The third-order valence-corrected chi connectivity index (χ3v) is 3.44. The van der Waals surface area contributed by atoms with E-state index in [0.717, 1.165) is 6.07 Å². The van der Waals surface area contributed by atoms with Crippen LogP contribution in [0.25, 0.3) is 0 Å². The van der Waals surface area contributed by atoms with Crippen LogP contribution in [0.5, 0.6) is 0 Å². The Hall–Kier alpha value is -1.94. The van der Waals surface area contributed by atoms with Crippen LogP contribution in [0.3, 0.4) is 0 Å². The highest BCUT2D eigenvalue weighted by molar-refractivity contribution is 7.89. The summed E-state index contributed by atoms with van der Waals surface area (Å²) in [5, 5.41) is 14.1. The number of amides is 1. The number of nitrogens with zero attached hydrogens (tertiary/aromatic N) is 1. The highest BCUT2D eigenvalue weighted by Crippen LogP contribution is 2.03. The number of carbonyl (C=O) groups excluding carboxylic acids is 1. The number of sulfonamides is 1. The van der Waals surface area contributed by atoms with Crippen LogP contribution >= 0.6 is 0 Å². The Morgan fingerprint density at radius 2 is 2.16 bits per heavy atom. The Morgan fingerprint density at radius 3 is 2.68 bits per heavy atom. The minimum absolute atomic E-state index is 0.122. The number of rotatable bonds is 7. The molecule has 106 valence electrons. The number of aromatic carboxylic acids is 1. The molecule has 10 heteroatoms. The Labute approximate surface area is 109 Å². The fraction of sp³-hybridized carbons (Fsp3) is 0.444. The highest BCUT2D eigenvalue weighted by Gasteiger charge is 2.17. The number of aromatic nitrogens is 1. The van der Waals surface area contributed by atoms with Crippen molar-refractivity contribution >= 4 is 21.9 Å². The zero-order chi connectivity index (χ0) is 14.5. The average molecular weight is 291 g/mol. The van der Waals surface area contributed by atoms with Crippen LogP contribution in [0, 0.1) is 0 Å². The lowest BCUT2D eigenvalue weighted by Gasteiger charge is -2.04. The van der Waals surface area contributed by atoms with Gasteiger partial charge in [0.15, 0.2) is 5.69 Å². The van der Waals surface area contributed by atoms with Gasteiger partial charge in [0.1, 0.15) is 0 Å². The molecular formula is C9H13N3O6S. The summed E-state index contributed by atoms with van der Waals surface area (Å²) >= 11 is 0. The number of carbonyl (C=O) groups is 2. The molecule has 0 saturated heterocycles. The molecular weight excluding hydrogens is 278 g/mol. The maximum atomic E-state index is 11.5. The first-order valence-electron chi connectivity index (χ1n) is 5.31. The fourth-order valence-electron chi connectivity index (χ4n) is 1.16. The molecule has 9 nitrogen and oxygen atoms in total. The second-order valence-electron chi connectivity index (χ2n) is 3.45. The van der Waals surface area contributed by atoms with Gasteiger partial charge in [-0.2, -0.15) is 0 Å². The van der Waals surface area contributed by atoms with Crippen molar-refractivity contribution in [1.82, 2.24) is 15.2 Å². The van der Waals surface area contributed by atoms with Crippen molar-refractivity contribution in [3.05, 3.63) is 17.5 Å². The quantitative estimate of drug-likeness (QED) is 0.588. The topological polar surface area (TPSA) is 139 Å². The number of nitrogens with one attached hydrogen (secondary N) is 2. The van der Waals surface area contributed by atoms with Gasteiger partial charge in [0.2, 0.25) is 15.8 Å². The first kappa shape index (κ1) is 15.1. The normalized spacial score (nSPS) is 11.2. The van der Waals surface area contributed by atoms with E-state index >= 15 is 0 Å². The predicted octanol–water partition coefficient (Wildman–Crippen LogP) is -0.958. The highest BCUT2D eigenvalue weighted by atomic mass is 32.2. The van der Waals surface area contributed by atoms with Crippen molar-refractivity contribution in [2.75, 3.05) is 18.8 Å². The van der Waals surface area contributed by atoms with Crippen LogP contribution in [-0.2, 0) is 10.0 Å². The third-order valence-electron chi connectivity index (χ3n) is 1.97. The van der Waals surface area contributed by atoms with Gasteiger partial charge < -0.3 is 14.9 Å². The number of hydrogen-bond acceptors (Lipinski definition) is 6. The number of hydrogen-bond donors (Lipinski definition) is 3. The van der Waals surface area contributed by atoms with Gasteiger partial charge >= 0.3 is 5.97 Å². The maximum absolute atomic E-state index is 11.5. The zero-order valence-corrected chi connectivity index (χ0v) is 10.9. The van der Waals surface area contributed by atoms with Crippen LogP contribution in [0.4, 0.5) is 0 Å². The van der Waals surface area contributed by atoms with Gasteiger partial charge in [-0.3, -0.25) is 4.79 Å². The Balaban J connectivity index is 2.49. The molecule has 0 atom stereocenters. The summed E-state index contributed by atoms with van der Waals surface area (Å²) in [4.78, 5) is 22.0. The van der Waals surface area contributed by atoms with Crippen LogP contribution in [0.15, 0.2) is 10.6 Å². The molecule has 0 unspecified atom stereocenters. The van der Waals surface area contributed by atoms with Crippen molar-refractivity contribution < 1.29 is 27.6 Å². The summed E-state index contributed by atoms with van der Waals surface area (Å²) in [6, 6.07) is 0.955.